The summed E-state index contributed by atoms with van der Waals surface area (Å²) in [7, 11) is 3.24. The van der Waals surface area contributed by atoms with E-state index in [0.29, 0.717) is 0 Å². The largest absolute Gasteiger partial charge is 0.453 e. The monoisotopic (exact) mass is 259 g/mol. The van der Waals surface area contributed by atoms with Crippen molar-refractivity contribution < 1.29 is 9.53 Å². The van der Waals surface area contributed by atoms with Gasteiger partial charge < -0.3 is 14.6 Å². The van der Waals surface area contributed by atoms with Gasteiger partial charge in [-0.05, 0) is 12.5 Å². The molecule has 19 heavy (non-hydrogen) atoms. The normalized spacial score (nSPS) is 11.9. The maximum atomic E-state index is 11.5. The van der Waals surface area contributed by atoms with Crippen molar-refractivity contribution in [1.82, 2.24) is 14.9 Å². The van der Waals surface area contributed by atoms with Gasteiger partial charge >= 0.3 is 6.09 Å². The molecule has 0 fully saturated rings. The number of nitrogens with one attached hydrogen (secondary N) is 1. The molecule has 1 aromatic heterocycles. The third-order valence-corrected chi connectivity index (χ3v) is 2.97. The fourth-order valence-electron chi connectivity index (χ4n) is 1.89. The Bertz CT molecular complexity index is 560. The number of aromatic nitrogens is 2. The Hall–Kier alpha value is -2.30. The molecule has 1 heterocycles. The number of imidazole rings is 1. The molecule has 1 amide bonds. The number of hydrogen-bond donors (Lipinski definition) is 1. The molecule has 2 aromatic rings. The van der Waals surface area contributed by atoms with E-state index in [0.717, 1.165) is 11.4 Å². The molecule has 1 N–H and O–H groups in total. The quantitative estimate of drug-likeness (QED) is 0.919. The van der Waals surface area contributed by atoms with Crippen molar-refractivity contribution in [2.45, 2.75) is 13.0 Å². The van der Waals surface area contributed by atoms with Crippen LogP contribution in [0.1, 0.15) is 23.0 Å². The number of ether oxygens (including phenoxy) is 1. The van der Waals surface area contributed by atoms with Crippen LogP contribution in [0.5, 0.6) is 0 Å². The molecule has 0 aliphatic heterocycles. The molecule has 0 spiro atoms. The van der Waals surface area contributed by atoms with Crippen molar-refractivity contribution in [1.29, 1.82) is 0 Å². The molecule has 1 aromatic carbocycles. The van der Waals surface area contributed by atoms with Crippen LogP contribution in [-0.2, 0) is 11.8 Å². The van der Waals surface area contributed by atoms with Gasteiger partial charge in [0, 0.05) is 19.4 Å². The van der Waals surface area contributed by atoms with E-state index in [1.165, 1.54) is 12.7 Å². The number of hydrogen-bond acceptors (Lipinski definition) is 3. The first-order valence-corrected chi connectivity index (χ1v) is 6.00. The Morgan fingerprint density at radius 3 is 2.58 bits per heavy atom. The highest BCUT2D eigenvalue weighted by Crippen LogP contribution is 2.20. The zero-order valence-electron chi connectivity index (χ0n) is 11.3. The van der Waals surface area contributed by atoms with Gasteiger partial charge in [-0.15, -0.1) is 0 Å². The molecule has 5 heteroatoms. The van der Waals surface area contributed by atoms with Gasteiger partial charge in [0.15, 0.2) is 0 Å². The number of carbonyl (C=O) groups excluding carboxylic acids is 1. The van der Waals surface area contributed by atoms with Gasteiger partial charge in [-0.1, -0.05) is 29.8 Å². The van der Waals surface area contributed by atoms with Crippen molar-refractivity contribution in [2.75, 3.05) is 7.11 Å². The number of rotatable bonds is 3. The molecule has 0 saturated heterocycles. The number of methoxy groups -OCH3 is 1. The summed E-state index contributed by atoms with van der Waals surface area (Å²) in [6.07, 6.45) is 3.07. The van der Waals surface area contributed by atoms with Crippen molar-refractivity contribution >= 4 is 6.09 Å². The summed E-state index contributed by atoms with van der Waals surface area (Å²) >= 11 is 0. The molecule has 1 unspecified atom stereocenters. The summed E-state index contributed by atoms with van der Waals surface area (Å²) in [5.41, 5.74) is 2.13. The van der Waals surface area contributed by atoms with Gasteiger partial charge in [-0.25, -0.2) is 9.78 Å². The Morgan fingerprint density at radius 2 is 2.05 bits per heavy atom. The standard InChI is InChI=1S/C14H17N3O2/c1-10-4-6-11(7-5-10)12(16-14(18)19-3)13-15-8-9-17(13)2/h4-9,12H,1-3H3,(H,16,18). The van der Waals surface area contributed by atoms with Gasteiger partial charge in [0.05, 0.1) is 7.11 Å². The smallest absolute Gasteiger partial charge is 0.407 e. The third kappa shape index (κ3) is 2.93. The van der Waals surface area contributed by atoms with Crippen molar-refractivity contribution in [3.63, 3.8) is 0 Å². The van der Waals surface area contributed by atoms with Gasteiger partial charge in [-0.3, -0.25) is 0 Å². The van der Waals surface area contributed by atoms with E-state index in [9.17, 15) is 4.79 Å². The highest BCUT2D eigenvalue weighted by molar-refractivity contribution is 5.68. The van der Waals surface area contributed by atoms with Crippen LogP contribution in [0, 0.1) is 6.92 Å². The van der Waals surface area contributed by atoms with Crippen molar-refractivity contribution in [2.24, 2.45) is 7.05 Å². The first kappa shape index (κ1) is 13.1. The fraction of sp³-hybridized carbons (Fsp3) is 0.286. The minimum absolute atomic E-state index is 0.326. The minimum atomic E-state index is -0.478. The van der Waals surface area contributed by atoms with Gasteiger partial charge in [-0.2, -0.15) is 0 Å². The van der Waals surface area contributed by atoms with Gasteiger partial charge in [0.2, 0.25) is 0 Å². The molecule has 0 saturated carbocycles. The summed E-state index contributed by atoms with van der Waals surface area (Å²) in [5.74, 6) is 0.759. The minimum Gasteiger partial charge on any atom is -0.453 e. The van der Waals surface area contributed by atoms with Crippen molar-refractivity contribution in [3.8, 4) is 0 Å². The maximum Gasteiger partial charge on any atom is 0.407 e. The van der Waals surface area contributed by atoms with E-state index in [2.05, 4.69) is 15.0 Å². The maximum absolute atomic E-state index is 11.5. The average Bonchev–Trinajstić information content (AvgIpc) is 2.83. The van der Waals surface area contributed by atoms with E-state index in [4.69, 9.17) is 0 Å². The number of alkyl carbamates (subject to hydrolysis) is 1. The van der Waals surface area contributed by atoms with Gasteiger partial charge in [0.25, 0.3) is 0 Å². The average molecular weight is 259 g/mol. The predicted octanol–water partition coefficient (Wildman–Crippen LogP) is 2.17. The molecule has 2 rings (SSSR count). The molecule has 1 atom stereocenters. The summed E-state index contributed by atoms with van der Waals surface area (Å²) in [6, 6.07) is 7.64. The van der Waals surface area contributed by atoms with E-state index in [1.54, 1.807) is 6.20 Å². The Labute approximate surface area is 112 Å². The number of aryl methyl sites for hydroxylation is 2. The zero-order chi connectivity index (χ0) is 13.8. The summed E-state index contributed by atoms with van der Waals surface area (Å²) in [6.45, 7) is 2.02. The second-order valence-corrected chi connectivity index (χ2v) is 4.38. The van der Waals surface area contributed by atoms with Crippen LogP contribution in [0.4, 0.5) is 4.79 Å². The Kier molecular flexibility index (Phi) is 3.85. The van der Waals surface area contributed by atoms with Crippen LogP contribution < -0.4 is 5.32 Å². The second kappa shape index (κ2) is 5.56. The number of carbonyl (C=O) groups is 1. The van der Waals surface area contributed by atoms with E-state index >= 15 is 0 Å². The number of benzene rings is 1. The van der Waals surface area contributed by atoms with Crippen LogP contribution in [0.2, 0.25) is 0 Å². The van der Waals surface area contributed by atoms with Crippen molar-refractivity contribution in [3.05, 3.63) is 53.6 Å². The molecule has 0 aliphatic rings. The molecule has 0 bridgehead atoms. The molecular formula is C14H17N3O2. The first-order valence-electron chi connectivity index (χ1n) is 6.00. The molecule has 5 nitrogen and oxygen atoms in total. The number of nitrogens with zero attached hydrogens (tertiary/aromatic N) is 2. The SMILES string of the molecule is COC(=O)NC(c1ccc(C)cc1)c1nccn1C. The Balaban J connectivity index is 2.37. The highest BCUT2D eigenvalue weighted by atomic mass is 16.5. The highest BCUT2D eigenvalue weighted by Gasteiger charge is 2.20. The fourth-order valence-corrected chi connectivity index (χ4v) is 1.89. The first-order chi connectivity index (χ1) is 9.11. The van der Waals surface area contributed by atoms with Crippen LogP contribution in [0.3, 0.4) is 0 Å². The molecule has 0 radical (unpaired) electrons. The lowest BCUT2D eigenvalue weighted by Gasteiger charge is -2.18. The topological polar surface area (TPSA) is 56.1 Å². The number of amides is 1. The second-order valence-electron chi connectivity index (χ2n) is 4.38. The Morgan fingerprint density at radius 1 is 1.37 bits per heavy atom. The predicted molar refractivity (Wildman–Crippen MR) is 71.8 cm³/mol. The summed E-state index contributed by atoms with van der Waals surface area (Å²) in [5, 5.41) is 2.80. The van der Waals surface area contributed by atoms with Gasteiger partial charge in [0.1, 0.15) is 11.9 Å². The van der Waals surface area contributed by atoms with E-state index < -0.39 is 6.09 Å². The lowest BCUT2D eigenvalue weighted by atomic mass is 10.0. The molecular weight excluding hydrogens is 242 g/mol. The van der Waals surface area contributed by atoms with Crippen LogP contribution in [0.15, 0.2) is 36.7 Å². The van der Waals surface area contributed by atoms with E-state index in [1.807, 2.05) is 49.0 Å². The van der Waals surface area contributed by atoms with Crippen LogP contribution in [0.25, 0.3) is 0 Å². The zero-order valence-corrected chi connectivity index (χ0v) is 11.3. The third-order valence-electron chi connectivity index (χ3n) is 2.97. The van der Waals surface area contributed by atoms with Crippen LogP contribution >= 0.6 is 0 Å². The lowest BCUT2D eigenvalue weighted by molar-refractivity contribution is 0.168. The molecule has 100 valence electrons. The summed E-state index contributed by atoms with van der Waals surface area (Å²) in [4.78, 5) is 15.8. The van der Waals surface area contributed by atoms with Crippen LogP contribution in [-0.4, -0.2) is 22.8 Å². The lowest BCUT2D eigenvalue weighted by Crippen LogP contribution is -2.30. The van der Waals surface area contributed by atoms with E-state index in [-0.39, 0.29) is 6.04 Å². The summed E-state index contributed by atoms with van der Waals surface area (Å²) < 4.78 is 6.55. The molecule has 0 aliphatic carbocycles.